The number of hydrogen-bond donors (Lipinski definition) is 6. The number of carboxylic acids is 3. The average Bonchev–Trinajstić information content (AvgIpc) is 2.16. The van der Waals surface area contributed by atoms with E-state index in [-0.39, 0.29) is 0 Å². The third kappa shape index (κ3) is 10.4. The van der Waals surface area contributed by atoms with Gasteiger partial charge < -0.3 is 31.3 Å². The molecule has 9 heteroatoms. The van der Waals surface area contributed by atoms with Gasteiger partial charge in [0, 0.05) is 0 Å². The Bertz CT molecular complexity index is 253. The first-order chi connectivity index (χ1) is 7.22. The molecule has 0 rings (SSSR count). The van der Waals surface area contributed by atoms with Crippen LogP contribution in [0.15, 0.2) is 0 Å². The maximum Gasteiger partial charge on any atom is 0.334 e. The normalized spacial score (nSPS) is 12.9. The molecule has 16 heavy (non-hydrogen) atoms. The van der Waals surface area contributed by atoms with Gasteiger partial charge in [-0.1, -0.05) is 0 Å². The molecule has 0 amide bonds. The first-order valence-corrected chi connectivity index (χ1v) is 3.94. The van der Waals surface area contributed by atoms with Gasteiger partial charge in [0.2, 0.25) is 0 Å². The second-order valence-electron chi connectivity index (χ2n) is 2.58. The van der Waals surface area contributed by atoms with E-state index < -0.39 is 43.1 Å². The molecule has 2 atom stereocenters. The van der Waals surface area contributed by atoms with Crippen LogP contribution in [0.3, 0.4) is 0 Å². The van der Waals surface area contributed by atoms with Gasteiger partial charge in [-0.3, -0.25) is 9.59 Å². The number of carboxylic acid groups (broad SMARTS) is 3. The van der Waals surface area contributed by atoms with Gasteiger partial charge in [-0.15, -0.1) is 0 Å². The van der Waals surface area contributed by atoms with Crippen LogP contribution in [0.5, 0.6) is 0 Å². The molecule has 0 aromatic carbocycles. The molecule has 94 valence electrons. The number of aliphatic hydroxyl groups is 2. The van der Waals surface area contributed by atoms with Crippen LogP contribution in [0, 0.1) is 0 Å². The van der Waals surface area contributed by atoms with Crippen molar-refractivity contribution in [1.82, 2.24) is 0 Å². The Hall–Kier alpha value is -1.71. The van der Waals surface area contributed by atoms with Gasteiger partial charge in [0.1, 0.15) is 6.04 Å². The summed E-state index contributed by atoms with van der Waals surface area (Å²) in [7, 11) is 0. The van der Waals surface area contributed by atoms with Crippen LogP contribution in [-0.4, -0.2) is 62.2 Å². The summed E-state index contributed by atoms with van der Waals surface area (Å²) < 4.78 is 0. The molecule has 0 bridgehead atoms. The average molecular weight is 239 g/mol. The first kappa shape index (κ1) is 16.7. The fourth-order valence-electron chi connectivity index (χ4n) is 0.354. The highest BCUT2D eigenvalue weighted by molar-refractivity contribution is 5.80. The summed E-state index contributed by atoms with van der Waals surface area (Å²) in [5, 5.41) is 39.8. The van der Waals surface area contributed by atoms with Crippen molar-refractivity contribution in [3.8, 4) is 0 Å². The number of hydrogen-bond acceptors (Lipinski definition) is 6. The van der Waals surface area contributed by atoms with E-state index >= 15 is 0 Å². The number of nitrogens with two attached hydrogens (primary N) is 1. The van der Waals surface area contributed by atoms with Gasteiger partial charge in [0.15, 0.2) is 6.10 Å². The third-order valence-electron chi connectivity index (χ3n) is 1.17. The summed E-state index contributed by atoms with van der Waals surface area (Å²) >= 11 is 0. The van der Waals surface area contributed by atoms with E-state index in [9.17, 15) is 14.4 Å². The van der Waals surface area contributed by atoms with E-state index in [4.69, 9.17) is 31.3 Å². The molecule has 7 N–H and O–H groups in total. The summed E-state index contributed by atoms with van der Waals surface area (Å²) in [4.78, 5) is 29.1. The van der Waals surface area contributed by atoms with Crippen LogP contribution in [-0.2, 0) is 14.4 Å². The summed E-state index contributed by atoms with van der Waals surface area (Å²) in [6.07, 6.45) is -2.16. The predicted molar refractivity (Wildman–Crippen MR) is 48.6 cm³/mol. The maximum atomic E-state index is 9.85. The van der Waals surface area contributed by atoms with Gasteiger partial charge >= 0.3 is 17.9 Å². The topological polar surface area (TPSA) is 178 Å². The van der Waals surface area contributed by atoms with Crippen molar-refractivity contribution in [3.63, 3.8) is 0 Å². The Morgan fingerprint density at radius 3 is 1.56 bits per heavy atom. The number of rotatable bonds is 5. The lowest BCUT2D eigenvalue weighted by Gasteiger charge is -1.99. The molecule has 0 aromatic rings. The standard InChI is InChI=1S/C4H7NO4.C3H6O4/c5-2(4(8)9)1-3(6)7;4-1-2(5)3(6)7/h2H,1,5H2,(H,6,7)(H,8,9);2,4-5H,1H2,(H,6,7)/t2-;/m0./s1. The second kappa shape index (κ2) is 8.59. The Balaban J connectivity index is 0. The number of aliphatic carboxylic acids is 3. The quantitative estimate of drug-likeness (QED) is 0.297. The zero-order valence-electron chi connectivity index (χ0n) is 8.11. The van der Waals surface area contributed by atoms with E-state index in [2.05, 4.69) is 0 Å². The summed E-state index contributed by atoms with van der Waals surface area (Å²) in [6, 6.07) is -1.29. The SMILES string of the molecule is N[C@@H](CC(=O)O)C(=O)O.O=C(O)C(O)CO. The van der Waals surface area contributed by atoms with Crippen LogP contribution in [0.4, 0.5) is 0 Å². The Kier molecular flexibility index (Phi) is 8.97. The van der Waals surface area contributed by atoms with Crippen LogP contribution in [0.2, 0.25) is 0 Å². The van der Waals surface area contributed by atoms with Crippen molar-refractivity contribution in [2.75, 3.05) is 6.61 Å². The van der Waals surface area contributed by atoms with Gasteiger partial charge in [-0.25, -0.2) is 4.79 Å². The molecule has 0 saturated heterocycles. The smallest absolute Gasteiger partial charge is 0.334 e. The molecule has 1 unspecified atom stereocenters. The zero-order valence-corrected chi connectivity index (χ0v) is 8.11. The Morgan fingerprint density at radius 2 is 1.50 bits per heavy atom. The second-order valence-corrected chi connectivity index (χ2v) is 2.58. The van der Waals surface area contributed by atoms with E-state index in [1.165, 1.54) is 0 Å². The van der Waals surface area contributed by atoms with E-state index in [0.717, 1.165) is 0 Å². The number of carbonyl (C=O) groups is 3. The van der Waals surface area contributed by atoms with Crippen molar-refractivity contribution in [2.24, 2.45) is 5.73 Å². The van der Waals surface area contributed by atoms with Gasteiger partial charge in [-0.05, 0) is 0 Å². The van der Waals surface area contributed by atoms with E-state index in [0.29, 0.717) is 0 Å². The summed E-state index contributed by atoms with van der Waals surface area (Å²) in [5.41, 5.74) is 4.84. The van der Waals surface area contributed by atoms with Crippen LogP contribution >= 0.6 is 0 Å². The van der Waals surface area contributed by atoms with E-state index in [1.54, 1.807) is 0 Å². The monoisotopic (exact) mass is 239 g/mol. The lowest BCUT2D eigenvalue weighted by molar-refractivity contribution is -0.148. The highest BCUT2D eigenvalue weighted by atomic mass is 16.4. The predicted octanol–water partition coefficient (Wildman–Crippen LogP) is -2.70. The molecule has 0 saturated carbocycles. The zero-order chi connectivity index (χ0) is 13.3. The van der Waals surface area contributed by atoms with Crippen molar-refractivity contribution in [1.29, 1.82) is 0 Å². The first-order valence-electron chi connectivity index (χ1n) is 3.94. The lowest BCUT2D eigenvalue weighted by Crippen LogP contribution is -2.32. The summed E-state index contributed by atoms with van der Waals surface area (Å²) in [5.74, 6) is -3.90. The number of aliphatic hydroxyl groups excluding tert-OH is 2. The summed E-state index contributed by atoms with van der Waals surface area (Å²) in [6.45, 7) is -0.727. The lowest BCUT2D eigenvalue weighted by atomic mass is 10.2. The van der Waals surface area contributed by atoms with Crippen LogP contribution < -0.4 is 5.73 Å². The molecule has 0 heterocycles. The van der Waals surface area contributed by atoms with Crippen molar-refractivity contribution in [3.05, 3.63) is 0 Å². The Labute approximate surface area is 89.7 Å². The molecular formula is C7H13NO8. The Morgan fingerprint density at radius 1 is 1.06 bits per heavy atom. The molecule has 0 aliphatic carbocycles. The van der Waals surface area contributed by atoms with Crippen LogP contribution in [0.25, 0.3) is 0 Å². The minimum Gasteiger partial charge on any atom is -0.481 e. The fraction of sp³-hybridized carbons (Fsp3) is 0.571. The minimum atomic E-state index is -1.63. The molecule has 0 aliphatic rings. The van der Waals surface area contributed by atoms with Crippen molar-refractivity contribution in [2.45, 2.75) is 18.6 Å². The molecule has 0 aromatic heterocycles. The third-order valence-corrected chi connectivity index (χ3v) is 1.17. The maximum absolute atomic E-state index is 9.85. The molecular weight excluding hydrogens is 226 g/mol. The molecule has 0 spiro atoms. The van der Waals surface area contributed by atoms with Crippen LogP contribution in [0.1, 0.15) is 6.42 Å². The van der Waals surface area contributed by atoms with Crippen molar-refractivity contribution < 1.29 is 39.9 Å². The molecule has 0 aliphatic heterocycles. The molecule has 9 nitrogen and oxygen atoms in total. The van der Waals surface area contributed by atoms with Gasteiger partial charge in [0.05, 0.1) is 13.0 Å². The van der Waals surface area contributed by atoms with Crippen molar-refractivity contribution >= 4 is 17.9 Å². The molecule has 0 fully saturated rings. The highest BCUT2D eigenvalue weighted by Crippen LogP contribution is 1.86. The minimum absolute atomic E-state index is 0.532. The van der Waals surface area contributed by atoms with Gasteiger partial charge in [-0.2, -0.15) is 0 Å². The van der Waals surface area contributed by atoms with E-state index in [1.807, 2.05) is 0 Å². The highest BCUT2D eigenvalue weighted by Gasteiger charge is 2.14. The van der Waals surface area contributed by atoms with Gasteiger partial charge in [0.25, 0.3) is 0 Å². The molecule has 0 radical (unpaired) electrons. The fourth-order valence-corrected chi connectivity index (χ4v) is 0.354. The largest absolute Gasteiger partial charge is 0.481 e.